The fourth-order valence-electron chi connectivity index (χ4n) is 2.18. The van der Waals surface area contributed by atoms with Gasteiger partial charge < -0.3 is 20.7 Å². The molecule has 23 heavy (non-hydrogen) atoms. The van der Waals surface area contributed by atoms with Gasteiger partial charge in [-0.2, -0.15) is 0 Å². The SMILES string of the molecule is O=C(Nc1ccc(Cl)cc1)Nc1ccc(C2CNC(=O)O2)cc1. The van der Waals surface area contributed by atoms with Gasteiger partial charge in [0.25, 0.3) is 0 Å². The van der Waals surface area contributed by atoms with E-state index in [-0.39, 0.29) is 12.1 Å². The number of anilines is 2. The van der Waals surface area contributed by atoms with Crippen molar-refractivity contribution in [3.8, 4) is 0 Å². The lowest BCUT2D eigenvalue weighted by molar-refractivity contribution is 0.141. The highest BCUT2D eigenvalue weighted by molar-refractivity contribution is 6.30. The van der Waals surface area contributed by atoms with Gasteiger partial charge in [0.05, 0.1) is 6.54 Å². The Labute approximate surface area is 137 Å². The third-order valence-corrected chi connectivity index (χ3v) is 3.58. The van der Waals surface area contributed by atoms with Gasteiger partial charge in [-0.15, -0.1) is 0 Å². The molecular weight excluding hydrogens is 318 g/mol. The summed E-state index contributed by atoms with van der Waals surface area (Å²) in [5, 5.41) is 8.63. The van der Waals surface area contributed by atoms with Crippen molar-refractivity contribution in [3.63, 3.8) is 0 Å². The Morgan fingerprint density at radius 3 is 2.13 bits per heavy atom. The second-order valence-corrected chi connectivity index (χ2v) is 5.42. The maximum Gasteiger partial charge on any atom is 0.407 e. The summed E-state index contributed by atoms with van der Waals surface area (Å²) in [5.74, 6) is 0. The maximum atomic E-state index is 11.9. The maximum absolute atomic E-state index is 11.9. The number of nitrogens with one attached hydrogen (secondary N) is 3. The summed E-state index contributed by atoms with van der Waals surface area (Å²) >= 11 is 5.79. The molecule has 7 heteroatoms. The number of cyclic esters (lactones) is 1. The molecule has 1 aliphatic heterocycles. The zero-order valence-electron chi connectivity index (χ0n) is 12.0. The molecule has 6 nitrogen and oxygen atoms in total. The molecule has 0 aliphatic carbocycles. The third-order valence-electron chi connectivity index (χ3n) is 3.32. The predicted octanol–water partition coefficient (Wildman–Crippen LogP) is 3.76. The number of carbonyl (C=O) groups excluding carboxylic acids is 2. The van der Waals surface area contributed by atoms with Crippen molar-refractivity contribution in [2.24, 2.45) is 0 Å². The molecule has 3 N–H and O–H groups in total. The molecule has 118 valence electrons. The number of alkyl carbamates (subject to hydrolysis) is 1. The summed E-state index contributed by atoms with van der Waals surface area (Å²) < 4.78 is 5.10. The second kappa shape index (κ2) is 6.58. The van der Waals surface area contributed by atoms with Crippen LogP contribution in [-0.4, -0.2) is 18.7 Å². The first-order chi connectivity index (χ1) is 11.1. The number of hydrogen-bond acceptors (Lipinski definition) is 3. The second-order valence-electron chi connectivity index (χ2n) is 4.98. The van der Waals surface area contributed by atoms with Gasteiger partial charge in [-0.1, -0.05) is 23.7 Å². The Bertz CT molecular complexity index is 716. The number of carbonyl (C=O) groups is 2. The van der Waals surface area contributed by atoms with Crippen LogP contribution in [0.15, 0.2) is 48.5 Å². The molecule has 1 atom stereocenters. The molecule has 3 rings (SSSR count). The molecule has 1 heterocycles. The molecule has 0 bridgehead atoms. The monoisotopic (exact) mass is 331 g/mol. The van der Waals surface area contributed by atoms with E-state index in [0.29, 0.717) is 22.9 Å². The van der Waals surface area contributed by atoms with Crippen LogP contribution in [0.3, 0.4) is 0 Å². The van der Waals surface area contributed by atoms with Crippen molar-refractivity contribution < 1.29 is 14.3 Å². The molecule has 1 unspecified atom stereocenters. The molecule has 0 saturated carbocycles. The number of halogens is 1. The van der Waals surface area contributed by atoms with Crippen LogP contribution in [-0.2, 0) is 4.74 Å². The summed E-state index contributed by atoms with van der Waals surface area (Å²) in [6.45, 7) is 0.447. The number of benzene rings is 2. The molecule has 0 aromatic heterocycles. The Balaban J connectivity index is 1.58. The topological polar surface area (TPSA) is 79.5 Å². The van der Waals surface area contributed by atoms with Crippen LogP contribution in [0.25, 0.3) is 0 Å². The summed E-state index contributed by atoms with van der Waals surface area (Å²) in [6, 6.07) is 13.6. The van der Waals surface area contributed by atoms with Gasteiger partial charge in [-0.25, -0.2) is 9.59 Å². The quantitative estimate of drug-likeness (QED) is 0.801. The fourth-order valence-corrected chi connectivity index (χ4v) is 2.31. The van der Waals surface area contributed by atoms with Crippen LogP contribution in [0.4, 0.5) is 21.0 Å². The lowest BCUT2D eigenvalue weighted by Gasteiger charge is -2.10. The van der Waals surface area contributed by atoms with Gasteiger partial charge >= 0.3 is 12.1 Å². The first-order valence-corrected chi connectivity index (χ1v) is 7.36. The standard InChI is InChI=1S/C16H14ClN3O3/c17-11-3-7-13(8-4-11)20-15(21)19-12-5-1-10(2-6-12)14-9-18-16(22)23-14/h1-8,14H,9H2,(H,18,22)(H2,19,20,21). The minimum absolute atomic E-state index is 0.292. The van der Waals surface area contributed by atoms with E-state index in [4.69, 9.17) is 16.3 Å². The van der Waals surface area contributed by atoms with E-state index >= 15 is 0 Å². The van der Waals surface area contributed by atoms with E-state index in [9.17, 15) is 9.59 Å². The van der Waals surface area contributed by atoms with Crippen molar-refractivity contribution in [2.45, 2.75) is 6.10 Å². The predicted molar refractivity (Wildman–Crippen MR) is 87.8 cm³/mol. The van der Waals surface area contributed by atoms with Crippen molar-refractivity contribution in [1.29, 1.82) is 0 Å². The number of ether oxygens (including phenoxy) is 1. The van der Waals surface area contributed by atoms with Crippen LogP contribution < -0.4 is 16.0 Å². The van der Waals surface area contributed by atoms with Crippen LogP contribution in [0.1, 0.15) is 11.7 Å². The van der Waals surface area contributed by atoms with Crippen molar-refractivity contribution in [2.75, 3.05) is 17.2 Å². The average molecular weight is 332 g/mol. The van der Waals surface area contributed by atoms with E-state index in [1.807, 2.05) is 12.1 Å². The van der Waals surface area contributed by atoms with Gasteiger partial charge in [0.2, 0.25) is 0 Å². The van der Waals surface area contributed by atoms with Gasteiger partial charge in [0.15, 0.2) is 0 Å². The Morgan fingerprint density at radius 1 is 1.04 bits per heavy atom. The highest BCUT2D eigenvalue weighted by Gasteiger charge is 2.23. The average Bonchev–Trinajstić information content (AvgIpc) is 2.97. The van der Waals surface area contributed by atoms with Crippen molar-refractivity contribution in [3.05, 3.63) is 59.1 Å². The molecule has 2 aromatic rings. The van der Waals surface area contributed by atoms with E-state index in [1.54, 1.807) is 36.4 Å². The Hall–Kier alpha value is -2.73. The lowest BCUT2D eigenvalue weighted by Crippen LogP contribution is -2.19. The van der Waals surface area contributed by atoms with Crippen molar-refractivity contribution >= 4 is 35.1 Å². The fraction of sp³-hybridized carbons (Fsp3) is 0.125. The van der Waals surface area contributed by atoms with E-state index in [0.717, 1.165) is 5.56 Å². The minimum Gasteiger partial charge on any atom is -0.439 e. The molecule has 1 aliphatic rings. The van der Waals surface area contributed by atoms with Crippen molar-refractivity contribution in [1.82, 2.24) is 5.32 Å². The lowest BCUT2D eigenvalue weighted by atomic mass is 10.1. The molecule has 2 aromatic carbocycles. The molecule has 1 fully saturated rings. The minimum atomic E-state index is -0.417. The van der Waals surface area contributed by atoms with Crippen LogP contribution in [0.5, 0.6) is 0 Å². The Kier molecular flexibility index (Phi) is 4.34. The molecule has 0 spiro atoms. The summed E-state index contributed by atoms with van der Waals surface area (Å²) in [4.78, 5) is 22.9. The van der Waals surface area contributed by atoms with Crippen LogP contribution in [0, 0.1) is 0 Å². The molecular formula is C16H14ClN3O3. The Morgan fingerprint density at radius 2 is 1.61 bits per heavy atom. The molecule has 0 radical (unpaired) electrons. The first kappa shape index (κ1) is 15.2. The van der Waals surface area contributed by atoms with Gasteiger partial charge in [0.1, 0.15) is 6.10 Å². The number of amides is 3. The number of rotatable bonds is 3. The zero-order valence-corrected chi connectivity index (χ0v) is 12.8. The van der Waals surface area contributed by atoms with Gasteiger partial charge in [-0.05, 0) is 42.0 Å². The highest BCUT2D eigenvalue weighted by atomic mass is 35.5. The summed E-state index contributed by atoms with van der Waals surface area (Å²) in [6.07, 6.45) is -0.709. The largest absolute Gasteiger partial charge is 0.439 e. The highest BCUT2D eigenvalue weighted by Crippen LogP contribution is 2.22. The molecule has 1 saturated heterocycles. The van der Waals surface area contributed by atoms with E-state index < -0.39 is 6.09 Å². The summed E-state index contributed by atoms with van der Waals surface area (Å²) in [5.41, 5.74) is 2.15. The van der Waals surface area contributed by atoms with Gasteiger partial charge in [0, 0.05) is 16.4 Å². The number of hydrogen-bond donors (Lipinski definition) is 3. The smallest absolute Gasteiger partial charge is 0.407 e. The first-order valence-electron chi connectivity index (χ1n) is 6.98. The van der Waals surface area contributed by atoms with Gasteiger partial charge in [-0.3, -0.25) is 0 Å². The number of urea groups is 1. The molecule has 3 amide bonds. The van der Waals surface area contributed by atoms with Crippen LogP contribution in [0.2, 0.25) is 5.02 Å². The van der Waals surface area contributed by atoms with E-state index in [2.05, 4.69) is 16.0 Å². The normalized spacial score (nSPS) is 16.4. The zero-order chi connectivity index (χ0) is 16.2. The third kappa shape index (κ3) is 3.92. The van der Waals surface area contributed by atoms with Crippen LogP contribution >= 0.6 is 11.6 Å². The van der Waals surface area contributed by atoms with E-state index in [1.165, 1.54) is 0 Å². The summed E-state index contributed by atoms with van der Waals surface area (Å²) in [7, 11) is 0.